The predicted octanol–water partition coefficient (Wildman–Crippen LogP) is 1.42. The van der Waals surface area contributed by atoms with Gasteiger partial charge in [-0.3, -0.25) is 9.59 Å². The molecule has 1 heterocycles. The van der Waals surface area contributed by atoms with Gasteiger partial charge >= 0.3 is 0 Å². The van der Waals surface area contributed by atoms with E-state index in [0.29, 0.717) is 25.6 Å². The van der Waals surface area contributed by atoms with Crippen LogP contribution in [-0.4, -0.2) is 35.8 Å². The maximum absolute atomic E-state index is 12.5. The Balaban J connectivity index is 1.89. The molecule has 5 heteroatoms. The van der Waals surface area contributed by atoms with Gasteiger partial charge in [0.25, 0.3) is 0 Å². The van der Waals surface area contributed by atoms with E-state index in [1.165, 1.54) is 6.42 Å². The van der Waals surface area contributed by atoms with Crippen molar-refractivity contribution >= 4 is 11.8 Å². The van der Waals surface area contributed by atoms with Crippen LogP contribution < -0.4 is 11.1 Å². The second kappa shape index (κ2) is 8.54. The van der Waals surface area contributed by atoms with Crippen molar-refractivity contribution < 1.29 is 9.59 Å². The van der Waals surface area contributed by atoms with Crippen LogP contribution in [0.3, 0.4) is 0 Å². The Hall–Kier alpha value is -1.88. The van der Waals surface area contributed by atoms with Crippen molar-refractivity contribution in [3.05, 3.63) is 35.9 Å². The summed E-state index contributed by atoms with van der Waals surface area (Å²) in [5.41, 5.74) is 6.29. The number of nitrogens with zero attached hydrogens (tertiary/aromatic N) is 1. The fraction of sp³-hybridized carbons (Fsp3) is 0.529. The number of hydrogen-bond donors (Lipinski definition) is 2. The molecule has 0 spiro atoms. The molecule has 0 radical (unpaired) electrons. The molecule has 1 aliphatic heterocycles. The summed E-state index contributed by atoms with van der Waals surface area (Å²) in [6.07, 6.45) is 3.92. The summed E-state index contributed by atoms with van der Waals surface area (Å²) in [6.45, 7) is 1.97. The number of amides is 2. The van der Waals surface area contributed by atoms with Gasteiger partial charge in [-0.2, -0.15) is 0 Å². The summed E-state index contributed by atoms with van der Waals surface area (Å²) in [7, 11) is 0. The highest BCUT2D eigenvalue weighted by Crippen LogP contribution is 2.13. The Morgan fingerprint density at radius 3 is 2.64 bits per heavy atom. The summed E-state index contributed by atoms with van der Waals surface area (Å²) in [6, 6.07) is 10.3. The molecule has 0 saturated carbocycles. The molecule has 0 aliphatic carbocycles. The van der Waals surface area contributed by atoms with E-state index in [2.05, 4.69) is 5.32 Å². The summed E-state index contributed by atoms with van der Waals surface area (Å²) < 4.78 is 0. The summed E-state index contributed by atoms with van der Waals surface area (Å²) in [5, 5.41) is 3.41. The zero-order valence-electron chi connectivity index (χ0n) is 13.0. The fourth-order valence-electron chi connectivity index (χ4n) is 2.80. The number of primary amides is 1. The van der Waals surface area contributed by atoms with E-state index in [9.17, 15) is 9.59 Å². The fourth-order valence-corrected chi connectivity index (χ4v) is 2.80. The molecule has 1 atom stereocenters. The first-order valence-corrected chi connectivity index (χ1v) is 7.98. The Morgan fingerprint density at radius 1 is 1.23 bits per heavy atom. The summed E-state index contributed by atoms with van der Waals surface area (Å²) in [5.74, 6) is -0.276. The van der Waals surface area contributed by atoms with Crippen molar-refractivity contribution in [3.8, 4) is 0 Å². The molecule has 2 rings (SSSR count). The van der Waals surface area contributed by atoms with E-state index in [1.54, 1.807) is 4.90 Å². The number of nitrogens with two attached hydrogens (primary N) is 1. The summed E-state index contributed by atoms with van der Waals surface area (Å²) >= 11 is 0. The van der Waals surface area contributed by atoms with Gasteiger partial charge in [0.15, 0.2) is 0 Å². The molecule has 1 aromatic carbocycles. The minimum absolute atomic E-state index is 0.0961. The van der Waals surface area contributed by atoms with Gasteiger partial charge in [-0.25, -0.2) is 0 Å². The number of rotatable bonds is 8. The van der Waals surface area contributed by atoms with E-state index in [-0.39, 0.29) is 18.2 Å². The number of hydrogen-bond acceptors (Lipinski definition) is 3. The largest absolute Gasteiger partial charge is 0.370 e. The van der Waals surface area contributed by atoms with Gasteiger partial charge in [0.1, 0.15) is 0 Å². The highest BCUT2D eigenvalue weighted by atomic mass is 16.2. The zero-order chi connectivity index (χ0) is 15.8. The second-order valence-corrected chi connectivity index (χ2v) is 5.85. The van der Waals surface area contributed by atoms with Crippen molar-refractivity contribution in [2.75, 3.05) is 13.1 Å². The van der Waals surface area contributed by atoms with E-state index >= 15 is 0 Å². The van der Waals surface area contributed by atoms with E-state index in [0.717, 1.165) is 24.9 Å². The number of nitrogens with one attached hydrogen (secondary N) is 1. The molecule has 0 bridgehead atoms. The van der Waals surface area contributed by atoms with Gasteiger partial charge in [0.2, 0.25) is 11.8 Å². The molecule has 1 unspecified atom stereocenters. The Labute approximate surface area is 131 Å². The van der Waals surface area contributed by atoms with Crippen LogP contribution >= 0.6 is 0 Å². The van der Waals surface area contributed by atoms with Crippen molar-refractivity contribution in [3.63, 3.8) is 0 Å². The van der Waals surface area contributed by atoms with Crippen LogP contribution in [0.15, 0.2) is 30.3 Å². The Morgan fingerprint density at radius 2 is 2.00 bits per heavy atom. The zero-order valence-corrected chi connectivity index (χ0v) is 13.0. The molecule has 0 aromatic heterocycles. The van der Waals surface area contributed by atoms with Crippen LogP contribution in [0.1, 0.15) is 37.7 Å². The first-order chi connectivity index (χ1) is 10.6. The van der Waals surface area contributed by atoms with Gasteiger partial charge in [0.05, 0.1) is 0 Å². The first kappa shape index (κ1) is 16.5. The van der Waals surface area contributed by atoms with Crippen molar-refractivity contribution in [2.45, 2.75) is 44.7 Å². The summed E-state index contributed by atoms with van der Waals surface area (Å²) in [4.78, 5) is 25.2. The van der Waals surface area contributed by atoms with Crippen molar-refractivity contribution in [1.29, 1.82) is 0 Å². The van der Waals surface area contributed by atoms with Gasteiger partial charge < -0.3 is 16.0 Å². The maximum Gasteiger partial charge on any atom is 0.222 e. The first-order valence-electron chi connectivity index (χ1n) is 7.98. The molecule has 1 aliphatic rings. The molecule has 1 aromatic rings. The van der Waals surface area contributed by atoms with Crippen molar-refractivity contribution in [2.24, 2.45) is 5.73 Å². The molecule has 1 fully saturated rings. The Bertz CT molecular complexity index is 484. The lowest BCUT2D eigenvalue weighted by Gasteiger charge is -2.23. The lowest BCUT2D eigenvalue weighted by atomic mass is 10.1. The molecule has 2 amide bonds. The van der Waals surface area contributed by atoms with Crippen LogP contribution in [0.25, 0.3) is 0 Å². The number of carbonyl (C=O) groups is 2. The SMILES string of the molecule is NC(=O)CCN(Cc1ccccc1)C(=O)CCC1CCCN1. The van der Waals surface area contributed by atoms with Crippen LogP contribution in [0, 0.1) is 0 Å². The molecule has 120 valence electrons. The third-order valence-corrected chi connectivity index (χ3v) is 4.07. The lowest BCUT2D eigenvalue weighted by molar-refractivity contribution is -0.132. The molecular formula is C17H25N3O2. The highest BCUT2D eigenvalue weighted by Gasteiger charge is 2.19. The molecule has 1 saturated heterocycles. The van der Waals surface area contributed by atoms with Gasteiger partial charge in [-0.15, -0.1) is 0 Å². The van der Waals surface area contributed by atoms with Crippen LogP contribution in [0.2, 0.25) is 0 Å². The number of benzene rings is 1. The smallest absolute Gasteiger partial charge is 0.222 e. The molecule has 5 nitrogen and oxygen atoms in total. The monoisotopic (exact) mass is 303 g/mol. The standard InChI is InChI=1S/C17H25N3O2/c18-16(21)10-12-20(13-14-5-2-1-3-6-14)17(22)9-8-15-7-4-11-19-15/h1-3,5-6,15,19H,4,7-13H2,(H2,18,21). The van der Waals surface area contributed by atoms with Crippen LogP contribution in [0.5, 0.6) is 0 Å². The van der Waals surface area contributed by atoms with Crippen LogP contribution in [-0.2, 0) is 16.1 Å². The van der Waals surface area contributed by atoms with Gasteiger partial charge in [-0.05, 0) is 31.4 Å². The topological polar surface area (TPSA) is 75.4 Å². The lowest BCUT2D eigenvalue weighted by Crippen LogP contribution is -2.34. The quantitative estimate of drug-likeness (QED) is 0.762. The second-order valence-electron chi connectivity index (χ2n) is 5.85. The Kier molecular flexibility index (Phi) is 6.40. The van der Waals surface area contributed by atoms with Gasteiger partial charge in [0, 0.05) is 32.0 Å². The van der Waals surface area contributed by atoms with E-state index in [1.807, 2.05) is 30.3 Å². The van der Waals surface area contributed by atoms with Crippen molar-refractivity contribution in [1.82, 2.24) is 10.2 Å². The molecular weight excluding hydrogens is 278 g/mol. The third kappa shape index (κ3) is 5.48. The minimum Gasteiger partial charge on any atom is -0.370 e. The minimum atomic E-state index is -0.372. The normalized spacial score (nSPS) is 17.4. The van der Waals surface area contributed by atoms with E-state index < -0.39 is 0 Å². The van der Waals surface area contributed by atoms with Gasteiger partial charge in [-0.1, -0.05) is 30.3 Å². The highest BCUT2D eigenvalue weighted by molar-refractivity contribution is 5.78. The average molecular weight is 303 g/mol. The predicted molar refractivity (Wildman–Crippen MR) is 85.9 cm³/mol. The average Bonchev–Trinajstić information content (AvgIpc) is 3.03. The maximum atomic E-state index is 12.5. The molecule has 22 heavy (non-hydrogen) atoms. The molecule has 3 N–H and O–H groups in total. The van der Waals surface area contributed by atoms with Crippen LogP contribution in [0.4, 0.5) is 0 Å². The van der Waals surface area contributed by atoms with E-state index in [4.69, 9.17) is 5.73 Å². The third-order valence-electron chi connectivity index (χ3n) is 4.07. The number of carbonyl (C=O) groups excluding carboxylic acids is 2.